The second-order valence-electron chi connectivity index (χ2n) is 11.4. The van der Waals surface area contributed by atoms with Gasteiger partial charge < -0.3 is 30.3 Å². The highest BCUT2D eigenvalue weighted by molar-refractivity contribution is 5.99. The van der Waals surface area contributed by atoms with E-state index in [-0.39, 0.29) is 23.8 Å². The van der Waals surface area contributed by atoms with Crippen molar-refractivity contribution in [2.75, 3.05) is 13.2 Å². The maximum Gasteiger partial charge on any atom is 0.274 e. The molecule has 11 nitrogen and oxygen atoms in total. The van der Waals surface area contributed by atoms with Crippen molar-refractivity contribution in [3.63, 3.8) is 0 Å². The minimum Gasteiger partial charge on any atom is -0.394 e. The van der Waals surface area contributed by atoms with Crippen molar-refractivity contribution in [2.24, 2.45) is 11.8 Å². The van der Waals surface area contributed by atoms with Crippen molar-refractivity contribution in [2.45, 2.75) is 76.6 Å². The van der Waals surface area contributed by atoms with Crippen LogP contribution < -0.4 is 16.0 Å². The Morgan fingerprint density at radius 1 is 1.02 bits per heavy atom. The minimum atomic E-state index is -1.34. The molecule has 1 saturated carbocycles. The van der Waals surface area contributed by atoms with E-state index in [2.05, 4.69) is 21.1 Å². The third-order valence-electron chi connectivity index (χ3n) is 7.14. The maximum absolute atomic E-state index is 13.5. The number of hydrogen-bond donors (Lipinski definition) is 4. The number of aliphatic hydroxyl groups excluding tert-OH is 1. The lowest BCUT2D eigenvalue weighted by Crippen LogP contribution is -2.58. The number of aliphatic hydroxyl groups is 1. The molecule has 4 atom stereocenters. The Hall–Kier alpha value is -3.57. The van der Waals surface area contributed by atoms with Crippen LogP contribution in [0.1, 0.15) is 61.8 Å². The standard InChI is InChI=1S/C29H38N4O7/c1-17(2)11-21(25(35)29(3)16-39-29)30-26(36)22(13-18-7-5-4-6-8-18)31-28(38)24(15-34)32-27(37)23-14-20(40-33-23)12-19-9-10-19/h4-8,14,17,19,21-22,24,34H,9-13,15-16H2,1-3H3,(H,30,36)(H,31,38)(H,32,37)/t21-,22-,24-,29-/m0/s1. The first-order valence-corrected chi connectivity index (χ1v) is 13.8. The van der Waals surface area contributed by atoms with Crippen molar-refractivity contribution < 1.29 is 33.5 Å². The molecule has 2 fully saturated rings. The van der Waals surface area contributed by atoms with Crippen molar-refractivity contribution in [3.05, 3.63) is 53.4 Å². The minimum absolute atomic E-state index is 0.00584. The van der Waals surface area contributed by atoms with E-state index in [4.69, 9.17) is 9.26 Å². The lowest BCUT2D eigenvalue weighted by atomic mass is 9.93. The second-order valence-corrected chi connectivity index (χ2v) is 11.4. The normalized spacial score (nSPS) is 20.3. The summed E-state index contributed by atoms with van der Waals surface area (Å²) in [6.45, 7) is 5.19. The summed E-state index contributed by atoms with van der Waals surface area (Å²) in [5.74, 6) is -0.940. The van der Waals surface area contributed by atoms with Gasteiger partial charge in [0.2, 0.25) is 11.8 Å². The summed E-state index contributed by atoms with van der Waals surface area (Å²) < 4.78 is 10.5. The van der Waals surface area contributed by atoms with Gasteiger partial charge in [-0.25, -0.2) is 0 Å². The molecule has 0 bridgehead atoms. The van der Waals surface area contributed by atoms with E-state index in [9.17, 15) is 24.3 Å². The molecule has 2 aromatic rings. The molecular formula is C29H38N4O7. The smallest absolute Gasteiger partial charge is 0.274 e. The second kappa shape index (κ2) is 12.7. The number of aromatic nitrogens is 1. The van der Waals surface area contributed by atoms with Gasteiger partial charge in [0, 0.05) is 18.9 Å². The first kappa shape index (κ1) is 29.4. The number of Topliss-reactive ketones (excluding diaryl/α,β-unsaturated/α-hetero) is 1. The number of epoxide rings is 1. The Morgan fingerprint density at radius 3 is 2.27 bits per heavy atom. The highest BCUT2D eigenvalue weighted by Gasteiger charge is 2.50. The Morgan fingerprint density at radius 2 is 1.68 bits per heavy atom. The fourth-order valence-corrected chi connectivity index (χ4v) is 4.47. The average Bonchev–Trinajstić information content (AvgIpc) is 3.84. The summed E-state index contributed by atoms with van der Waals surface area (Å²) in [4.78, 5) is 52.4. The van der Waals surface area contributed by atoms with E-state index in [1.165, 1.54) is 6.07 Å². The van der Waals surface area contributed by atoms with E-state index >= 15 is 0 Å². The van der Waals surface area contributed by atoms with Crippen molar-refractivity contribution in [3.8, 4) is 0 Å². The van der Waals surface area contributed by atoms with Crippen molar-refractivity contribution in [1.29, 1.82) is 0 Å². The molecule has 40 heavy (non-hydrogen) atoms. The molecule has 2 aliphatic rings. The van der Waals surface area contributed by atoms with Crippen LogP contribution in [-0.4, -0.2) is 70.7 Å². The van der Waals surface area contributed by atoms with Gasteiger partial charge in [0.25, 0.3) is 5.91 Å². The molecule has 11 heteroatoms. The number of nitrogens with one attached hydrogen (secondary N) is 3. The molecule has 3 amide bonds. The van der Waals surface area contributed by atoms with Gasteiger partial charge in [-0.1, -0.05) is 49.3 Å². The Kier molecular flexibility index (Phi) is 9.36. The summed E-state index contributed by atoms with van der Waals surface area (Å²) in [6, 6.07) is 7.42. The quantitative estimate of drug-likeness (QED) is 0.240. The van der Waals surface area contributed by atoms with Crippen molar-refractivity contribution >= 4 is 23.5 Å². The zero-order valence-electron chi connectivity index (χ0n) is 23.1. The highest BCUT2D eigenvalue weighted by atomic mass is 16.6. The summed E-state index contributed by atoms with van der Waals surface area (Å²) in [7, 11) is 0. The van der Waals surface area contributed by atoms with Gasteiger partial charge in [0.05, 0.1) is 19.3 Å². The van der Waals surface area contributed by atoms with Gasteiger partial charge in [-0.2, -0.15) is 0 Å². The van der Waals surface area contributed by atoms with Gasteiger partial charge in [0.15, 0.2) is 11.5 Å². The van der Waals surface area contributed by atoms with Gasteiger partial charge in [-0.05, 0) is 43.6 Å². The number of ketones is 1. The molecule has 216 valence electrons. The highest BCUT2D eigenvalue weighted by Crippen LogP contribution is 2.32. The third-order valence-corrected chi connectivity index (χ3v) is 7.14. The molecule has 1 aliphatic heterocycles. The van der Waals surface area contributed by atoms with Crippen LogP contribution in [-0.2, 0) is 32.0 Å². The summed E-state index contributed by atoms with van der Waals surface area (Å²) in [5.41, 5.74) is -0.134. The third kappa shape index (κ3) is 7.98. The molecular weight excluding hydrogens is 516 g/mol. The lowest BCUT2D eigenvalue weighted by Gasteiger charge is -2.26. The van der Waals surface area contributed by atoms with Crippen LogP contribution in [0.2, 0.25) is 0 Å². The number of carbonyl (C=O) groups excluding carboxylic acids is 4. The van der Waals surface area contributed by atoms with Gasteiger partial charge in [0.1, 0.15) is 23.4 Å². The summed E-state index contributed by atoms with van der Waals surface area (Å²) >= 11 is 0. The van der Waals surface area contributed by atoms with E-state index in [1.54, 1.807) is 6.92 Å². The first-order valence-electron chi connectivity index (χ1n) is 13.8. The number of rotatable bonds is 15. The molecule has 1 aliphatic carbocycles. The van der Waals surface area contributed by atoms with Gasteiger partial charge >= 0.3 is 0 Å². The predicted octanol–water partition coefficient (Wildman–Crippen LogP) is 1.33. The lowest BCUT2D eigenvalue weighted by molar-refractivity contribution is -0.133. The Labute approximate surface area is 233 Å². The molecule has 1 aromatic carbocycles. The fraction of sp³-hybridized carbons (Fsp3) is 0.552. The zero-order chi connectivity index (χ0) is 28.9. The number of nitrogens with zero attached hydrogens (tertiary/aromatic N) is 1. The van der Waals surface area contributed by atoms with E-state index in [0.717, 1.165) is 18.4 Å². The van der Waals surface area contributed by atoms with Crippen LogP contribution in [0, 0.1) is 11.8 Å². The van der Waals surface area contributed by atoms with Crippen molar-refractivity contribution in [1.82, 2.24) is 21.1 Å². The number of ether oxygens (including phenoxy) is 1. The monoisotopic (exact) mass is 554 g/mol. The first-order chi connectivity index (χ1) is 19.1. The van der Waals surface area contributed by atoms with E-state index < -0.39 is 48.1 Å². The van der Waals surface area contributed by atoms with Gasteiger partial charge in [-0.15, -0.1) is 0 Å². The zero-order valence-corrected chi connectivity index (χ0v) is 23.1. The predicted molar refractivity (Wildman–Crippen MR) is 144 cm³/mol. The molecule has 4 N–H and O–H groups in total. The molecule has 4 rings (SSSR count). The maximum atomic E-state index is 13.5. The summed E-state index contributed by atoms with van der Waals surface area (Å²) in [6.07, 6.45) is 3.48. The molecule has 0 radical (unpaired) electrons. The average molecular weight is 555 g/mol. The van der Waals surface area contributed by atoms with Crippen LogP contribution in [0.5, 0.6) is 0 Å². The molecule has 0 unspecified atom stereocenters. The topological polar surface area (TPSA) is 163 Å². The summed E-state index contributed by atoms with van der Waals surface area (Å²) in [5, 5.41) is 21.6. The Bertz CT molecular complexity index is 1200. The number of amides is 3. The molecule has 2 heterocycles. The number of benzene rings is 1. The van der Waals surface area contributed by atoms with Crippen LogP contribution in [0.15, 0.2) is 40.9 Å². The van der Waals surface area contributed by atoms with E-state index in [1.807, 2.05) is 44.2 Å². The van der Waals surface area contributed by atoms with Gasteiger partial charge in [-0.3, -0.25) is 19.2 Å². The van der Waals surface area contributed by atoms with Crippen LogP contribution in [0.25, 0.3) is 0 Å². The largest absolute Gasteiger partial charge is 0.394 e. The fourth-order valence-electron chi connectivity index (χ4n) is 4.47. The van der Waals surface area contributed by atoms with Crippen LogP contribution in [0.3, 0.4) is 0 Å². The Balaban J connectivity index is 1.44. The van der Waals surface area contributed by atoms with E-state index in [0.29, 0.717) is 31.1 Å². The van der Waals surface area contributed by atoms with Crippen LogP contribution in [0.4, 0.5) is 0 Å². The molecule has 1 saturated heterocycles. The SMILES string of the molecule is CC(C)C[C@H](NC(=O)[C@H](Cc1ccccc1)NC(=O)[C@H](CO)NC(=O)c1cc(CC2CC2)on1)C(=O)[C@]1(C)CO1. The molecule has 1 aromatic heterocycles. The molecule has 0 spiro atoms. The number of hydrogen-bond acceptors (Lipinski definition) is 8. The number of carbonyl (C=O) groups is 4. The van der Waals surface area contributed by atoms with Crippen LogP contribution >= 0.6 is 0 Å².